The lowest BCUT2D eigenvalue weighted by Crippen LogP contribution is -2.31. The number of rotatable bonds is 3. The van der Waals surface area contributed by atoms with Crippen molar-refractivity contribution in [3.05, 3.63) is 65.0 Å². The Balaban J connectivity index is 2.01. The summed E-state index contributed by atoms with van der Waals surface area (Å²) in [4.78, 5) is 12.0. The summed E-state index contributed by atoms with van der Waals surface area (Å²) in [7, 11) is 0. The molecular weight excluding hydrogens is 267 g/mol. The van der Waals surface area contributed by atoms with Crippen molar-refractivity contribution in [2.24, 2.45) is 0 Å². The first-order chi connectivity index (χ1) is 9.95. The summed E-state index contributed by atoms with van der Waals surface area (Å²) in [6.07, 6.45) is 0. The first-order valence-corrected chi connectivity index (χ1v) is 6.86. The van der Waals surface area contributed by atoms with Gasteiger partial charge in [0, 0.05) is 5.69 Å². The van der Waals surface area contributed by atoms with Gasteiger partial charge in [0.15, 0.2) is 0 Å². The van der Waals surface area contributed by atoms with Crippen molar-refractivity contribution in [2.45, 2.75) is 26.8 Å². The zero-order valence-electron chi connectivity index (χ0n) is 12.4. The number of hydrogen-bond acceptors (Lipinski definition) is 1. The second-order valence-corrected chi connectivity index (χ2v) is 5.19. The van der Waals surface area contributed by atoms with Crippen molar-refractivity contribution in [3.8, 4) is 0 Å². The number of urea groups is 1. The minimum absolute atomic E-state index is 0.106. The van der Waals surface area contributed by atoms with Crippen molar-refractivity contribution in [1.29, 1.82) is 0 Å². The Bertz CT molecular complexity index is 638. The molecule has 0 aromatic heterocycles. The average molecular weight is 286 g/mol. The Morgan fingerprint density at radius 3 is 2.43 bits per heavy atom. The summed E-state index contributed by atoms with van der Waals surface area (Å²) < 4.78 is 12.8. The fourth-order valence-electron chi connectivity index (χ4n) is 2.20. The second-order valence-electron chi connectivity index (χ2n) is 5.19. The first-order valence-electron chi connectivity index (χ1n) is 6.86. The van der Waals surface area contributed by atoms with E-state index in [1.807, 2.05) is 32.9 Å². The van der Waals surface area contributed by atoms with E-state index in [4.69, 9.17) is 0 Å². The number of amides is 2. The molecule has 2 N–H and O–H groups in total. The molecular formula is C17H19FN2O. The predicted molar refractivity (Wildman–Crippen MR) is 82.9 cm³/mol. The van der Waals surface area contributed by atoms with Crippen molar-refractivity contribution < 1.29 is 9.18 Å². The highest BCUT2D eigenvalue weighted by Gasteiger charge is 2.12. The molecule has 0 aliphatic heterocycles. The van der Waals surface area contributed by atoms with Crippen LogP contribution in [-0.4, -0.2) is 6.03 Å². The van der Waals surface area contributed by atoms with Gasteiger partial charge in [0.05, 0.1) is 6.04 Å². The van der Waals surface area contributed by atoms with Crippen LogP contribution in [0.2, 0.25) is 0 Å². The Hall–Kier alpha value is -2.36. The molecule has 21 heavy (non-hydrogen) atoms. The maximum absolute atomic E-state index is 12.8. The van der Waals surface area contributed by atoms with E-state index in [2.05, 4.69) is 16.7 Å². The zero-order chi connectivity index (χ0) is 15.4. The van der Waals surface area contributed by atoms with Crippen LogP contribution in [0.5, 0.6) is 0 Å². The van der Waals surface area contributed by atoms with Crippen LogP contribution in [0.15, 0.2) is 42.5 Å². The van der Waals surface area contributed by atoms with Crippen molar-refractivity contribution in [3.63, 3.8) is 0 Å². The molecule has 0 saturated heterocycles. The SMILES string of the molecule is Cc1ccc(C)c(C(C)NC(=O)Nc2ccc(F)cc2)c1. The molecule has 1 unspecified atom stereocenters. The maximum Gasteiger partial charge on any atom is 0.319 e. The molecule has 4 heteroatoms. The van der Waals surface area contributed by atoms with Crippen molar-refractivity contribution in [1.82, 2.24) is 5.32 Å². The number of nitrogens with one attached hydrogen (secondary N) is 2. The summed E-state index contributed by atoms with van der Waals surface area (Å²) in [5, 5.41) is 5.57. The molecule has 2 rings (SSSR count). The van der Waals surface area contributed by atoms with Crippen LogP contribution in [0.4, 0.5) is 14.9 Å². The molecule has 0 fully saturated rings. The quantitative estimate of drug-likeness (QED) is 0.866. The number of anilines is 1. The molecule has 3 nitrogen and oxygen atoms in total. The third kappa shape index (κ3) is 4.05. The van der Waals surface area contributed by atoms with Crippen LogP contribution >= 0.6 is 0 Å². The first kappa shape index (κ1) is 15.0. The third-order valence-corrected chi connectivity index (χ3v) is 3.35. The molecule has 1 atom stereocenters. The van der Waals surface area contributed by atoms with Gasteiger partial charge in [-0.05, 0) is 56.2 Å². The number of benzene rings is 2. The van der Waals surface area contributed by atoms with Gasteiger partial charge in [-0.25, -0.2) is 9.18 Å². The number of aryl methyl sites for hydroxylation is 2. The predicted octanol–water partition coefficient (Wildman–Crippen LogP) is 4.33. The van der Waals surface area contributed by atoms with Gasteiger partial charge >= 0.3 is 6.03 Å². The molecule has 0 aliphatic rings. The number of hydrogen-bond donors (Lipinski definition) is 2. The standard InChI is InChI=1S/C17H19FN2O/c1-11-4-5-12(2)16(10-11)13(3)19-17(21)20-15-8-6-14(18)7-9-15/h4-10,13H,1-3H3,(H2,19,20,21). The number of carbonyl (C=O) groups is 1. The fraction of sp³-hybridized carbons (Fsp3) is 0.235. The Morgan fingerprint density at radius 1 is 1.10 bits per heavy atom. The molecule has 0 radical (unpaired) electrons. The normalized spacial score (nSPS) is 11.8. The number of carbonyl (C=O) groups excluding carboxylic acids is 1. The molecule has 0 saturated carbocycles. The lowest BCUT2D eigenvalue weighted by molar-refractivity contribution is 0.249. The van der Waals surface area contributed by atoms with E-state index in [9.17, 15) is 9.18 Å². The average Bonchev–Trinajstić information content (AvgIpc) is 2.44. The van der Waals surface area contributed by atoms with Gasteiger partial charge in [0.2, 0.25) is 0 Å². The molecule has 0 heterocycles. The maximum atomic E-state index is 12.8. The smallest absolute Gasteiger partial charge is 0.319 e. The van der Waals surface area contributed by atoms with E-state index in [1.165, 1.54) is 24.3 Å². The molecule has 110 valence electrons. The molecule has 2 aromatic rings. The molecule has 2 aromatic carbocycles. The van der Waals surface area contributed by atoms with E-state index in [0.717, 1.165) is 16.7 Å². The topological polar surface area (TPSA) is 41.1 Å². The van der Waals surface area contributed by atoms with E-state index in [-0.39, 0.29) is 17.9 Å². The highest BCUT2D eigenvalue weighted by atomic mass is 19.1. The van der Waals surface area contributed by atoms with Gasteiger partial charge in [0.1, 0.15) is 5.82 Å². The van der Waals surface area contributed by atoms with Gasteiger partial charge in [-0.1, -0.05) is 23.8 Å². The van der Waals surface area contributed by atoms with Crippen LogP contribution in [0, 0.1) is 19.7 Å². The molecule has 0 bridgehead atoms. The van der Waals surface area contributed by atoms with E-state index < -0.39 is 0 Å². The van der Waals surface area contributed by atoms with Crippen molar-refractivity contribution in [2.75, 3.05) is 5.32 Å². The van der Waals surface area contributed by atoms with Crippen molar-refractivity contribution >= 4 is 11.7 Å². The summed E-state index contributed by atoms with van der Waals surface area (Å²) in [5.41, 5.74) is 3.93. The van der Waals surface area contributed by atoms with Gasteiger partial charge in [0.25, 0.3) is 0 Å². The Morgan fingerprint density at radius 2 is 1.76 bits per heavy atom. The largest absolute Gasteiger partial charge is 0.331 e. The molecule has 0 aliphatic carbocycles. The highest BCUT2D eigenvalue weighted by Crippen LogP contribution is 2.19. The van der Waals surface area contributed by atoms with E-state index in [0.29, 0.717) is 5.69 Å². The molecule has 2 amide bonds. The fourth-order valence-corrected chi connectivity index (χ4v) is 2.20. The Kier molecular flexibility index (Phi) is 4.58. The van der Waals surface area contributed by atoms with Gasteiger partial charge in [-0.15, -0.1) is 0 Å². The van der Waals surface area contributed by atoms with Crippen LogP contribution in [0.1, 0.15) is 29.7 Å². The third-order valence-electron chi connectivity index (χ3n) is 3.35. The molecule has 0 spiro atoms. The lowest BCUT2D eigenvalue weighted by Gasteiger charge is -2.17. The summed E-state index contributed by atoms with van der Waals surface area (Å²) in [5.74, 6) is -0.329. The van der Waals surface area contributed by atoms with E-state index >= 15 is 0 Å². The van der Waals surface area contributed by atoms with Crippen LogP contribution in [0.25, 0.3) is 0 Å². The lowest BCUT2D eigenvalue weighted by atomic mass is 10.0. The zero-order valence-corrected chi connectivity index (χ0v) is 12.4. The van der Waals surface area contributed by atoms with Crippen LogP contribution in [0.3, 0.4) is 0 Å². The van der Waals surface area contributed by atoms with Gasteiger partial charge < -0.3 is 10.6 Å². The minimum atomic E-state index is -0.329. The summed E-state index contributed by atoms with van der Waals surface area (Å²) in [6, 6.07) is 11.4. The van der Waals surface area contributed by atoms with Crippen LogP contribution < -0.4 is 10.6 Å². The monoisotopic (exact) mass is 286 g/mol. The van der Waals surface area contributed by atoms with Crippen LogP contribution in [-0.2, 0) is 0 Å². The van der Waals surface area contributed by atoms with Gasteiger partial charge in [-0.3, -0.25) is 0 Å². The summed E-state index contributed by atoms with van der Waals surface area (Å²) >= 11 is 0. The highest BCUT2D eigenvalue weighted by molar-refractivity contribution is 5.89. The van der Waals surface area contributed by atoms with Gasteiger partial charge in [-0.2, -0.15) is 0 Å². The summed E-state index contributed by atoms with van der Waals surface area (Å²) in [6.45, 7) is 5.98. The van der Waals surface area contributed by atoms with E-state index in [1.54, 1.807) is 0 Å². The minimum Gasteiger partial charge on any atom is -0.331 e. The Labute approximate surface area is 124 Å². The number of halogens is 1. The second kappa shape index (κ2) is 6.39.